The second kappa shape index (κ2) is 14.3. The number of quaternary nitrogens is 1. The Labute approximate surface area is 273 Å². The molecule has 0 radical (unpaired) electrons. The molecule has 4 saturated heterocycles. The fraction of sp³-hybridized carbons (Fsp3) is 1.00. The van der Waals surface area contributed by atoms with Gasteiger partial charge in [0.2, 0.25) is 0 Å². The summed E-state index contributed by atoms with van der Waals surface area (Å²) in [6.07, 6.45) is 16.2. The molecular formula is C37H65N2O6+. The summed E-state index contributed by atoms with van der Waals surface area (Å²) in [4.78, 5) is 4.30. The van der Waals surface area contributed by atoms with E-state index in [1.807, 2.05) is 14.2 Å². The first-order chi connectivity index (χ1) is 21.9. The van der Waals surface area contributed by atoms with Crippen LogP contribution in [0.15, 0.2) is 0 Å². The van der Waals surface area contributed by atoms with Gasteiger partial charge in [-0.05, 0) is 120 Å². The molecule has 8 rings (SSSR count). The Hall–Kier alpha value is -0.320. The number of nitrogens with one attached hydrogen (secondary N) is 1. The van der Waals surface area contributed by atoms with Gasteiger partial charge in [-0.3, -0.25) is 0 Å². The molecule has 2 N–H and O–H groups in total. The van der Waals surface area contributed by atoms with Crippen LogP contribution in [0.4, 0.5) is 0 Å². The van der Waals surface area contributed by atoms with Crippen molar-refractivity contribution < 1.29 is 33.7 Å². The summed E-state index contributed by atoms with van der Waals surface area (Å²) in [7, 11) is 10.3. The number of fused-ring (bicyclic) bond motifs is 2. The number of ether oxygens (including phenoxy) is 5. The Kier molecular flexibility index (Phi) is 10.5. The van der Waals surface area contributed by atoms with Gasteiger partial charge in [-0.25, -0.2) is 0 Å². The van der Waals surface area contributed by atoms with Crippen molar-refractivity contribution in [3.05, 3.63) is 0 Å². The van der Waals surface area contributed by atoms with Crippen LogP contribution in [-0.4, -0.2) is 119 Å². The molecule has 4 aliphatic heterocycles. The lowest BCUT2D eigenvalue weighted by atomic mass is 9.64. The predicted molar refractivity (Wildman–Crippen MR) is 173 cm³/mol. The average Bonchev–Trinajstić information content (AvgIpc) is 3.05. The molecule has 8 fully saturated rings. The van der Waals surface area contributed by atoms with Crippen molar-refractivity contribution in [3.8, 4) is 0 Å². The third-order valence-corrected chi connectivity index (χ3v) is 14.6. The van der Waals surface area contributed by atoms with Gasteiger partial charge in [-0.15, -0.1) is 0 Å². The SMILES string of the molecule is COC1CCC2CC1OC1CCC(CC1)CC1C3CC(OC4C(O)C(OC)CC5CC[NH+](C)C(C2)C54)C(OC)CC3CCN1C. The number of hydrogen-bond donors (Lipinski definition) is 2. The molecule has 8 heteroatoms. The predicted octanol–water partition coefficient (Wildman–Crippen LogP) is 3.34. The third kappa shape index (κ3) is 6.67. The topological polar surface area (TPSA) is 74.1 Å². The number of piperidine rings is 2. The summed E-state index contributed by atoms with van der Waals surface area (Å²) in [5.74, 6) is 3.56. The Bertz CT molecular complexity index is 963. The summed E-state index contributed by atoms with van der Waals surface area (Å²) in [6.45, 7) is 2.37. The second-order valence-corrected chi connectivity index (χ2v) is 16.7. The fourth-order valence-corrected chi connectivity index (χ4v) is 12.0. The van der Waals surface area contributed by atoms with Gasteiger partial charge in [0.05, 0.1) is 62.4 Å². The van der Waals surface area contributed by atoms with Gasteiger partial charge in [0.15, 0.2) is 0 Å². The zero-order chi connectivity index (χ0) is 31.2. The van der Waals surface area contributed by atoms with Crippen LogP contribution in [-0.2, 0) is 23.7 Å². The van der Waals surface area contributed by atoms with Crippen molar-refractivity contribution in [1.82, 2.24) is 4.90 Å². The standard InChI is InChI=1S/C37H64N2O6/c1-38-14-12-24-19-31(42-4)33-21-27(24)28(38)16-22-6-9-26(10-7-22)44-32-18-23(8-11-30(32)41-3)17-29-35-25(13-15-39(29)2)20-34(43-5)36(40)37(35)45-33/h22-37,40H,6-21H2,1-5H3/p+1. The highest BCUT2D eigenvalue weighted by atomic mass is 16.6. The Morgan fingerprint density at radius 2 is 1.40 bits per heavy atom. The maximum absolute atomic E-state index is 12.0. The van der Waals surface area contributed by atoms with E-state index in [1.165, 1.54) is 70.9 Å². The van der Waals surface area contributed by atoms with Gasteiger partial charge in [-0.2, -0.15) is 0 Å². The van der Waals surface area contributed by atoms with Crippen LogP contribution in [0, 0.1) is 35.5 Å². The van der Waals surface area contributed by atoms with Crippen molar-refractivity contribution >= 4 is 0 Å². The van der Waals surface area contributed by atoms with Gasteiger partial charge < -0.3 is 38.6 Å². The van der Waals surface area contributed by atoms with Crippen LogP contribution in [0.5, 0.6) is 0 Å². The minimum absolute atomic E-state index is 0.0218. The molecule has 15 unspecified atom stereocenters. The molecule has 4 aliphatic carbocycles. The van der Waals surface area contributed by atoms with Crippen molar-refractivity contribution in [2.24, 2.45) is 35.5 Å². The molecule has 0 aromatic rings. The fourth-order valence-electron chi connectivity index (χ4n) is 12.0. The number of rotatable bonds is 3. The summed E-state index contributed by atoms with van der Waals surface area (Å²) < 4.78 is 32.7. The molecule has 15 atom stereocenters. The van der Waals surface area contributed by atoms with Crippen molar-refractivity contribution in [1.29, 1.82) is 0 Å². The van der Waals surface area contributed by atoms with Gasteiger partial charge in [0, 0.05) is 46.1 Å². The lowest BCUT2D eigenvalue weighted by Crippen LogP contribution is -3.15. The summed E-state index contributed by atoms with van der Waals surface area (Å²) in [6, 6.07) is 1.06. The maximum Gasteiger partial charge on any atom is 0.107 e. The van der Waals surface area contributed by atoms with E-state index in [2.05, 4.69) is 19.0 Å². The highest BCUT2D eigenvalue weighted by Gasteiger charge is 2.55. The molecule has 0 aromatic carbocycles. The van der Waals surface area contributed by atoms with E-state index in [1.54, 1.807) is 12.0 Å². The summed E-state index contributed by atoms with van der Waals surface area (Å²) in [5, 5.41) is 12.0. The second-order valence-electron chi connectivity index (χ2n) is 16.7. The van der Waals surface area contributed by atoms with Crippen molar-refractivity contribution in [2.75, 3.05) is 48.5 Å². The molecule has 0 aromatic heterocycles. The Morgan fingerprint density at radius 3 is 2.16 bits per heavy atom. The smallest absolute Gasteiger partial charge is 0.107 e. The van der Waals surface area contributed by atoms with Gasteiger partial charge in [0.25, 0.3) is 0 Å². The van der Waals surface area contributed by atoms with Crippen LogP contribution >= 0.6 is 0 Å². The molecule has 4 heterocycles. The Morgan fingerprint density at radius 1 is 0.689 bits per heavy atom. The minimum atomic E-state index is -0.605. The van der Waals surface area contributed by atoms with E-state index in [-0.39, 0.29) is 36.6 Å². The van der Waals surface area contributed by atoms with E-state index in [0.29, 0.717) is 47.8 Å². The monoisotopic (exact) mass is 633 g/mol. The van der Waals surface area contributed by atoms with Crippen molar-refractivity contribution in [3.63, 3.8) is 0 Å². The van der Waals surface area contributed by atoms with E-state index in [0.717, 1.165) is 38.0 Å². The lowest BCUT2D eigenvalue weighted by Gasteiger charge is -2.55. The highest BCUT2D eigenvalue weighted by molar-refractivity contribution is 5.02. The molecule has 45 heavy (non-hydrogen) atoms. The normalized spacial score (nSPS) is 52.8. The first-order valence-corrected chi connectivity index (χ1v) is 19.0. The van der Waals surface area contributed by atoms with E-state index >= 15 is 0 Å². The molecule has 4 saturated carbocycles. The molecule has 0 spiro atoms. The van der Waals surface area contributed by atoms with E-state index < -0.39 is 6.10 Å². The molecule has 8 aliphatic rings. The number of aliphatic hydroxyl groups is 1. The Balaban J connectivity index is 1.23. The van der Waals surface area contributed by atoms with Crippen LogP contribution in [0.3, 0.4) is 0 Å². The van der Waals surface area contributed by atoms with Gasteiger partial charge in [-0.1, -0.05) is 0 Å². The van der Waals surface area contributed by atoms with E-state index in [9.17, 15) is 5.11 Å². The molecular weight excluding hydrogens is 568 g/mol. The number of aliphatic hydroxyl groups excluding tert-OH is 1. The number of methoxy groups -OCH3 is 3. The zero-order valence-corrected chi connectivity index (χ0v) is 29.0. The minimum Gasteiger partial charge on any atom is -0.388 e. The molecule has 8 nitrogen and oxygen atoms in total. The van der Waals surface area contributed by atoms with Crippen LogP contribution in [0.2, 0.25) is 0 Å². The quantitative estimate of drug-likeness (QED) is 0.494. The van der Waals surface area contributed by atoms with Crippen molar-refractivity contribution in [2.45, 2.75) is 151 Å². The first kappa shape index (κ1) is 33.2. The first-order valence-electron chi connectivity index (χ1n) is 19.0. The van der Waals surface area contributed by atoms with Crippen LogP contribution in [0.1, 0.15) is 89.9 Å². The van der Waals surface area contributed by atoms with E-state index in [4.69, 9.17) is 23.7 Å². The number of nitrogens with zero attached hydrogens (tertiary/aromatic N) is 1. The molecule has 258 valence electrons. The number of likely N-dealkylation sites (tertiary alicyclic amines) is 2. The molecule has 0 amide bonds. The summed E-state index contributed by atoms with van der Waals surface area (Å²) >= 11 is 0. The third-order valence-electron chi connectivity index (χ3n) is 14.6. The lowest BCUT2D eigenvalue weighted by molar-refractivity contribution is -0.919. The van der Waals surface area contributed by atoms with Gasteiger partial charge >= 0.3 is 0 Å². The maximum atomic E-state index is 12.0. The highest BCUT2D eigenvalue weighted by Crippen LogP contribution is 2.48. The van der Waals surface area contributed by atoms with Crippen LogP contribution in [0.25, 0.3) is 0 Å². The zero-order valence-electron chi connectivity index (χ0n) is 29.0. The largest absolute Gasteiger partial charge is 0.388 e. The number of hydrogen-bond acceptors (Lipinski definition) is 7. The van der Waals surface area contributed by atoms with Crippen LogP contribution < -0.4 is 4.90 Å². The summed E-state index contributed by atoms with van der Waals surface area (Å²) in [5.41, 5.74) is 0. The van der Waals surface area contributed by atoms with Gasteiger partial charge in [0.1, 0.15) is 6.10 Å². The molecule has 6 bridgehead atoms. The average molecular weight is 634 g/mol.